The Labute approximate surface area is 119 Å². The third-order valence-electron chi connectivity index (χ3n) is 3.41. The van der Waals surface area contributed by atoms with Crippen molar-refractivity contribution in [1.82, 2.24) is 5.32 Å². The van der Waals surface area contributed by atoms with Crippen LogP contribution in [-0.2, 0) is 4.74 Å². The molecule has 19 heavy (non-hydrogen) atoms. The molecule has 0 spiro atoms. The molecular weight excluding hydrogens is 261 g/mol. The Morgan fingerprint density at radius 3 is 2.84 bits per heavy atom. The Hall–Kier alpha value is -0.580. The fourth-order valence-corrected chi connectivity index (χ4v) is 3.66. The normalized spacial score (nSPS) is 18.5. The minimum absolute atomic E-state index is 0.156. The monoisotopic (exact) mass is 283 g/mol. The lowest BCUT2D eigenvalue weighted by atomic mass is 10.1. The molecule has 2 rings (SSSR count). The smallest absolute Gasteiger partial charge is 0.123 e. The molecule has 1 heterocycles. The van der Waals surface area contributed by atoms with Gasteiger partial charge in [0.1, 0.15) is 5.82 Å². The number of nitrogens with one attached hydrogen (secondary N) is 1. The van der Waals surface area contributed by atoms with Crippen molar-refractivity contribution in [3.63, 3.8) is 0 Å². The topological polar surface area (TPSA) is 21.3 Å². The van der Waals surface area contributed by atoms with E-state index in [0.717, 1.165) is 38.2 Å². The van der Waals surface area contributed by atoms with Crippen LogP contribution in [0.2, 0.25) is 0 Å². The summed E-state index contributed by atoms with van der Waals surface area (Å²) in [5.41, 5.74) is 1.07. The van der Waals surface area contributed by atoms with E-state index in [0.29, 0.717) is 5.25 Å². The van der Waals surface area contributed by atoms with Gasteiger partial charge in [-0.2, -0.15) is 0 Å². The molecule has 1 saturated heterocycles. The number of rotatable bonds is 5. The SMILES string of the molecule is CCNC(C)c1cc(F)ccc1SC1CCOCC1. The van der Waals surface area contributed by atoms with Crippen molar-refractivity contribution in [2.75, 3.05) is 19.8 Å². The van der Waals surface area contributed by atoms with E-state index in [2.05, 4.69) is 19.2 Å². The Morgan fingerprint density at radius 2 is 2.16 bits per heavy atom. The largest absolute Gasteiger partial charge is 0.381 e. The molecule has 1 unspecified atom stereocenters. The first-order valence-electron chi connectivity index (χ1n) is 6.98. The molecule has 0 aliphatic carbocycles. The minimum Gasteiger partial charge on any atom is -0.381 e. The standard InChI is InChI=1S/C15H22FNOS/c1-3-17-11(2)14-10-12(16)4-5-15(14)19-13-6-8-18-9-7-13/h4-5,10-11,13,17H,3,6-9H2,1-2H3. The lowest BCUT2D eigenvalue weighted by molar-refractivity contribution is 0.1000. The second-order valence-corrected chi connectivity index (χ2v) is 6.23. The van der Waals surface area contributed by atoms with Crippen LogP contribution < -0.4 is 5.32 Å². The number of hydrogen-bond donors (Lipinski definition) is 1. The van der Waals surface area contributed by atoms with Gasteiger partial charge < -0.3 is 10.1 Å². The summed E-state index contributed by atoms with van der Waals surface area (Å²) in [6.45, 7) is 6.74. The van der Waals surface area contributed by atoms with Gasteiger partial charge in [0, 0.05) is 29.4 Å². The third kappa shape index (κ3) is 4.20. The van der Waals surface area contributed by atoms with Crippen molar-refractivity contribution in [2.24, 2.45) is 0 Å². The highest BCUT2D eigenvalue weighted by atomic mass is 32.2. The quantitative estimate of drug-likeness (QED) is 0.889. The maximum atomic E-state index is 13.5. The molecule has 0 saturated carbocycles. The van der Waals surface area contributed by atoms with Crippen LogP contribution in [-0.4, -0.2) is 25.0 Å². The summed E-state index contributed by atoms with van der Waals surface area (Å²) < 4.78 is 18.9. The summed E-state index contributed by atoms with van der Waals surface area (Å²) in [4.78, 5) is 1.20. The number of halogens is 1. The molecule has 1 aliphatic heterocycles. The van der Waals surface area contributed by atoms with Crippen molar-refractivity contribution >= 4 is 11.8 Å². The van der Waals surface area contributed by atoms with Gasteiger partial charge in [-0.3, -0.25) is 0 Å². The van der Waals surface area contributed by atoms with Crippen LogP contribution in [0.4, 0.5) is 4.39 Å². The molecule has 1 aliphatic rings. The highest BCUT2D eigenvalue weighted by Crippen LogP contribution is 2.34. The van der Waals surface area contributed by atoms with Gasteiger partial charge in [0.2, 0.25) is 0 Å². The Morgan fingerprint density at radius 1 is 1.42 bits per heavy atom. The zero-order valence-corrected chi connectivity index (χ0v) is 12.4. The summed E-state index contributed by atoms with van der Waals surface area (Å²) in [6.07, 6.45) is 2.16. The third-order valence-corrected chi connectivity index (χ3v) is 4.84. The van der Waals surface area contributed by atoms with Crippen molar-refractivity contribution in [2.45, 2.75) is 42.9 Å². The van der Waals surface area contributed by atoms with Crippen molar-refractivity contribution in [3.05, 3.63) is 29.6 Å². The molecular formula is C15H22FNOS. The minimum atomic E-state index is -0.156. The van der Waals surface area contributed by atoms with Crippen LogP contribution in [0.1, 0.15) is 38.3 Å². The van der Waals surface area contributed by atoms with Crippen molar-refractivity contribution in [3.8, 4) is 0 Å². The zero-order valence-electron chi connectivity index (χ0n) is 11.6. The Bertz CT molecular complexity index is 407. The van der Waals surface area contributed by atoms with Gasteiger partial charge in [-0.05, 0) is 50.1 Å². The Kier molecular flexibility index (Phi) is 5.67. The molecule has 106 valence electrons. The van der Waals surface area contributed by atoms with Crippen molar-refractivity contribution < 1.29 is 9.13 Å². The summed E-state index contributed by atoms with van der Waals surface area (Å²) in [6, 6.07) is 5.32. The first-order valence-corrected chi connectivity index (χ1v) is 7.86. The van der Waals surface area contributed by atoms with Crippen LogP contribution in [0, 0.1) is 5.82 Å². The predicted molar refractivity (Wildman–Crippen MR) is 78.2 cm³/mol. The van der Waals surface area contributed by atoms with E-state index in [1.165, 1.54) is 4.90 Å². The van der Waals surface area contributed by atoms with Crippen LogP contribution in [0.15, 0.2) is 23.1 Å². The van der Waals surface area contributed by atoms with Crippen LogP contribution in [0.5, 0.6) is 0 Å². The summed E-state index contributed by atoms with van der Waals surface area (Å²) in [5, 5.41) is 3.95. The van der Waals surface area contributed by atoms with Crippen LogP contribution in [0.25, 0.3) is 0 Å². The highest BCUT2D eigenvalue weighted by Gasteiger charge is 2.18. The first-order chi connectivity index (χ1) is 9.20. The van der Waals surface area contributed by atoms with E-state index >= 15 is 0 Å². The maximum absolute atomic E-state index is 13.5. The predicted octanol–water partition coefficient (Wildman–Crippen LogP) is 3.77. The van der Waals surface area contributed by atoms with Gasteiger partial charge in [-0.25, -0.2) is 4.39 Å². The molecule has 1 atom stereocenters. The summed E-state index contributed by atoms with van der Waals surface area (Å²) >= 11 is 1.87. The maximum Gasteiger partial charge on any atom is 0.123 e. The van der Waals surface area contributed by atoms with E-state index in [-0.39, 0.29) is 11.9 Å². The molecule has 1 aromatic rings. The molecule has 4 heteroatoms. The zero-order chi connectivity index (χ0) is 13.7. The number of hydrogen-bond acceptors (Lipinski definition) is 3. The van der Waals surface area contributed by atoms with Gasteiger partial charge in [0.25, 0.3) is 0 Å². The van der Waals surface area contributed by atoms with Gasteiger partial charge in [0.15, 0.2) is 0 Å². The molecule has 2 nitrogen and oxygen atoms in total. The van der Waals surface area contributed by atoms with Gasteiger partial charge in [0.05, 0.1) is 0 Å². The number of ether oxygens (including phenoxy) is 1. The molecule has 0 radical (unpaired) electrons. The van der Waals surface area contributed by atoms with E-state index in [1.807, 2.05) is 17.8 Å². The van der Waals surface area contributed by atoms with Crippen LogP contribution in [0.3, 0.4) is 0 Å². The lowest BCUT2D eigenvalue weighted by Crippen LogP contribution is -2.20. The average molecular weight is 283 g/mol. The lowest BCUT2D eigenvalue weighted by Gasteiger charge is -2.24. The summed E-state index contributed by atoms with van der Waals surface area (Å²) in [7, 11) is 0. The fraction of sp³-hybridized carbons (Fsp3) is 0.600. The highest BCUT2D eigenvalue weighted by molar-refractivity contribution is 8.00. The van der Waals surface area contributed by atoms with E-state index in [1.54, 1.807) is 12.1 Å². The Balaban J connectivity index is 2.13. The average Bonchev–Trinajstić information content (AvgIpc) is 2.42. The van der Waals surface area contributed by atoms with E-state index in [4.69, 9.17) is 4.74 Å². The van der Waals surface area contributed by atoms with Crippen molar-refractivity contribution in [1.29, 1.82) is 0 Å². The second-order valence-electron chi connectivity index (χ2n) is 4.89. The van der Waals surface area contributed by atoms with E-state index in [9.17, 15) is 4.39 Å². The van der Waals surface area contributed by atoms with Crippen LogP contribution >= 0.6 is 11.8 Å². The number of thioether (sulfide) groups is 1. The molecule has 0 bridgehead atoms. The molecule has 0 aromatic heterocycles. The van der Waals surface area contributed by atoms with Gasteiger partial charge >= 0.3 is 0 Å². The molecule has 1 fully saturated rings. The second kappa shape index (κ2) is 7.27. The molecule has 1 aromatic carbocycles. The van der Waals surface area contributed by atoms with Gasteiger partial charge in [-0.1, -0.05) is 6.92 Å². The van der Waals surface area contributed by atoms with E-state index < -0.39 is 0 Å². The molecule has 0 amide bonds. The summed E-state index contributed by atoms with van der Waals surface area (Å²) in [5.74, 6) is -0.156. The number of benzene rings is 1. The van der Waals surface area contributed by atoms with Gasteiger partial charge in [-0.15, -0.1) is 11.8 Å². The molecule has 1 N–H and O–H groups in total. The fourth-order valence-electron chi connectivity index (χ4n) is 2.35. The first kappa shape index (κ1) is 14.8.